The van der Waals surface area contributed by atoms with E-state index in [1.807, 2.05) is 0 Å². The molecule has 0 unspecified atom stereocenters. The molecule has 0 heterocycles. The minimum atomic E-state index is -0.704. The van der Waals surface area contributed by atoms with Gasteiger partial charge in [-0.15, -0.1) is 0 Å². The lowest BCUT2D eigenvalue weighted by Gasteiger charge is -2.01. The second-order valence-electron chi connectivity index (χ2n) is 2.09. The number of carbonyl (C=O) groups excluding carboxylic acids is 2. The number of allylic oxidation sites excluding steroid dienone is 3. The van der Waals surface area contributed by atoms with Crippen LogP contribution < -0.4 is 0 Å². The molecule has 72 valence electrons. The predicted molar refractivity (Wildman–Crippen MR) is 46.9 cm³/mol. The minimum Gasteiger partial charge on any atom is -0.465 e. The quantitative estimate of drug-likeness (QED) is 0.214. The van der Waals surface area contributed by atoms with E-state index in [0.717, 1.165) is 0 Å². The SMILES string of the molecule is CC=CC=C(C(=O)OC)C(=O)OC. The summed E-state index contributed by atoms with van der Waals surface area (Å²) in [5.74, 6) is -1.41. The van der Waals surface area contributed by atoms with Crippen LogP contribution in [0.15, 0.2) is 23.8 Å². The first-order valence-electron chi connectivity index (χ1n) is 3.67. The summed E-state index contributed by atoms with van der Waals surface area (Å²) < 4.78 is 8.78. The lowest BCUT2D eigenvalue weighted by Crippen LogP contribution is -2.15. The van der Waals surface area contributed by atoms with Gasteiger partial charge in [-0.3, -0.25) is 0 Å². The molecule has 0 aliphatic heterocycles. The molecule has 13 heavy (non-hydrogen) atoms. The number of ether oxygens (including phenoxy) is 2. The van der Waals surface area contributed by atoms with Crippen LogP contribution in [0.1, 0.15) is 6.92 Å². The van der Waals surface area contributed by atoms with Crippen molar-refractivity contribution in [3.05, 3.63) is 23.8 Å². The molecule has 0 aromatic rings. The molecule has 0 radical (unpaired) electrons. The number of rotatable bonds is 3. The van der Waals surface area contributed by atoms with Crippen molar-refractivity contribution in [1.29, 1.82) is 0 Å². The molecule has 0 aromatic heterocycles. The van der Waals surface area contributed by atoms with Gasteiger partial charge in [0.05, 0.1) is 14.2 Å². The summed E-state index contributed by atoms with van der Waals surface area (Å²) in [4.78, 5) is 22.0. The summed E-state index contributed by atoms with van der Waals surface area (Å²) >= 11 is 0. The van der Waals surface area contributed by atoms with E-state index in [1.165, 1.54) is 20.3 Å². The summed E-state index contributed by atoms with van der Waals surface area (Å²) in [7, 11) is 2.41. The molecular weight excluding hydrogens is 172 g/mol. The first-order valence-corrected chi connectivity index (χ1v) is 3.67. The van der Waals surface area contributed by atoms with E-state index in [1.54, 1.807) is 19.1 Å². The molecule has 4 heteroatoms. The van der Waals surface area contributed by atoms with Gasteiger partial charge in [-0.1, -0.05) is 12.2 Å². The molecule has 4 nitrogen and oxygen atoms in total. The van der Waals surface area contributed by atoms with Crippen LogP contribution in [0.2, 0.25) is 0 Å². The van der Waals surface area contributed by atoms with E-state index in [9.17, 15) is 9.59 Å². The Morgan fingerprint density at radius 1 is 1.08 bits per heavy atom. The molecule has 0 aliphatic rings. The second-order valence-corrected chi connectivity index (χ2v) is 2.09. The Kier molecular flexibility index (Phi) is 5.27. The van der Waals surface area contributed by atoms with Gasteiger partial charge < -0.3 is 9.47 Å². The van der Waals surface area contributed by atoms with Crippen molar-refractivity contribution in [2.24, 2.45) is 0 Å². The lowest BCUT2D eigenvalue weighted by atomic mass is 10.2. The average molecular weight is 184 g/mol. The Morgan fingerprint density at radius 2 is 1.54 bits per heavy atom. The molecule has 0 fully saturated rings. The maximum atomic E-state index is 11.0. The lowest BCUT2D eigenvalue weighted by molar-refractivity contribution is -0.144. The molecule has 0 spiro atoms. The maximum absolute atomic E-state index is 11.0. The molecule has 0 aliphatic carbocycles. The van der Waals surface area contributed by atoms with Crippen molar-refractivity contribution >= 4 is 11.9 Å². The predicted octanol–water partition coefficient (Wildman–Crippen LogP) is 0.835. The Morgan fingerprint density at radius 3 is 1.85 bits per heavy atom. The van der Waals surface area contributed by atoms with Crippen LogP contribution in [-0.4, -0.2) is 26.2 Å². The van der Waals surface area contributed by atoms with Crippen molar-refractivity contribution in [3.8, 4) is 0 Å². The fourth-order valence-corrected chi connectivity index (χ4v) is 0.632. The largest absolute Gasteiger partial charge is 0.465 e. The van der Waals surface area contributed by atoms with Gasteiger partial charge in [-0.25, -0.2) is 9.59 Å². The Bertz CT molecular complexity index is 232. The van der Waals surface area contributed by atoms with E-state index in [4.69, 9.17) is 0 Å². The van der Waals surface area contributed by atoms with Gasteiger partial charge in [0.1, 0.15) is 5.57 Å². The smallest absolute Gasteiger partial charge is 0.345 e. The monoisotopic (exact) mass is 184 g/mol. The fourth-order valence-electron chi connectivity index (χ4n) is 0.632. The summed E-state index contributed by atoms with van der Waals surface area (Å²) in [5.41, 5.74) is -0.122. The Balaban J connectivity index is 4.75. The molecule has 0 saturated carbocycles. The number of methoxy groups -OCH3 is 2. The van der Waals surface area contributed by atoms with Crippen LogP contribution in [-0.2, 0) is 19.1 Å². The van der Waals surface area contributed by atoms with Gasteiger partial charge in [0.25, 0.3) is 0 Å². The number of hydrogen-bond acceptors (Lipinski definition) is 4. The third kappa shape index (κ3) is 3.55. The van der Waals surface area contributed by atoms with Gasteiger partial charge in [-0.2, -0.15) is 0 Å². The summed E-state index contributed by atoms with van der Waals surface area (Å²) in [6.45, 7) is 1.77. The van der Waals surface area contributed by atoms with Gasteiger partial charge in [0.2, 0.25) is 0 Å². The van der Waals surface area contributed by atoms with E-state index in [-0.39, 0.29) is 5.57 Å². The third-order valence-electron chi connectivity index (χ3n) is 1.27. The van der Waals surface area contributed by atoms with Crippen molar-refractivity contribution in [3.63, 3.8) is 0 Å². The molecule has 0 bridgehead atoms. The Labute approximate surface area is 76.8 Å². The number of hydrogen-bond donors (Lipinski definition) is 0. The van der Waals surface area contributed by atoms with Crippen LogP contribution in [0.5, 0.6) is 0 Å². The van der Waals surface area contributed by atoms with Crippen molar-refractivity contribution in [2.45, 2.75) is 6.92 Å². The topological polar surface area (TPSA) is 52.6 Å². The zero-order chi connectivity index (χ0) is 10.3. The van der Waals surface area contributed by atoms with Crippen molar-refractivity contribution in [2.75, 3.05) is 14.2 Å². The standard InChI is InChI=1S/C9H12O4/c1-4-5-6-7(8(10)12-2)9(11)13-3/h4-6H,1-3H3. The van der Waals surface area contributed by atoms with Crippen LogP contribution >= 0.6 is 0 Å². The highest BCUT2D eigenvalue weighted by Crippen LogP contribution is 2.00. The summed E-state index contributed by atoms with van der Waals surface area (Å²) in [6, 6.07) is 0. The first-order chi connectivity index (χ1) is 6.17. The fraction of sp³-hybridized carbons (Fsp3) is 0.333. The van der Waals surface area contributed by atoms with E-state index in [0.29, 0.717) is 0 Å². The van der Waals surface area contributed by atoms with Gasteiger partial charge in [0.15, 0.2) is 0 Å². The van der Waals surface area contributed by atoms with Gasteiger partial charge in [-0.05, 0) is 13.0 Å². The Hall–Kier alpha value is -1.58. The average Bonchev–Trinajstić information content (AvgIpc) is 2.17. The van der Waals surface area contributed by atoms with Crippen LogP contribution in [0.25, 0.3) is 0 Å². The molecule has 0 atom stereocenters. The number of esters is 2. The first kappa shape index (κ1) is 11.4. The van der Waals surface area contributed by atoms with Gasteiger partial charge >= 0.3 is 11.9 Å². The van der Waals surface area contributed by atoms with Crippen molar-refractivity contribution < 1.29 is 19.1 Å². The zero-order valence-corrected chi connectivity index (χ0v) is 7.87. The van der Waals surface area contributed by atoms with E-state index >= 15 is 0 Å². The molecule has 0 saturated heterocycles. The van der Waals surface area contributed by atoms with E-state index in [2.05, 4.69) is 9.47 Å². The number of carbonyl (C=O) groups is 2. The molecular formula is C9H12O4. The molecule has 0 N–H and O–H groups in total. The van der Waals surface area contributed by atoms with Gasteiger partial charge in [0, 0.05) is 0 Å². The summed E-state index contributed by atoms with van der Waals surface area (Å²) in [5, 5.41) is 0. The second kappa shape index (κ2) is 5.99. The highest BCUT2D eigenvalue weighted by molar-refractivity contribution is 6.14. The van der Waals surface area contributed by atoms with Crippen LogP contribution in [0.3, 0.4) is 0 Å². The zero-order valence-electron chi connectivity index (χ0n) is 7.87. The van der Waals surface area contributed by atoms with Crippen LogP contribution in [0.4, 0.5) is 0 Å². The van der Waals surface area contributed by atoms with Crippen LogP contribution in [0, 0.1) is 0 Å². The highest BCUT2D eigenvalue weighted by atomic mass is 16.5. The normalized spacial score (nSPS) is 9.46. The third-order valence-corrected chi connectivity index (χ3v) is 1.27. The molecule has 0 aromatic carbocycles. The minimum absolute atomic E-state index is 0.122. The summed E-state index contributed by atoms with van der Waals surface area (Å²) in [6.07, 6.45) is 4.59. The van der Waals surface area contributed by atoms with E-state index < -0.39 is 11.9 Å². The highest BCUT2D eigenvalue weighted by Gasteiger charge is 2.18. The molecule has 0 amide bonds. The molecule has 0 rings (SSSR count). The maximum Gasteiger partial charge on any atom is 0.345 e. The van der Waals surface area contributed by atoms with Crippen molar-refractivity contribution in [1.82, 2.24) is 0 Å².